The molecular formula is C24H22F6N4O2S. The Morgan fingerprint density at radius 2 is 1.38 bits per heavy atom. The normalized spacial score (nSPS) is 17.0. The molecule has 1 aliphatic heterocycles. The number of halogens is 6. The molecule has 2 aromatic carbocycles. The number of hydrogen-bond donors (Lipinski definition) is 1. The first-order valence-electron chi connectivity index (χ1n) is 11.2. The van der Waals surface area contributed by atoms with Gasteiger partial charge in [-0.1, -0.05) is 12.1 Å². The fourth-order valence-corrected chi connectivity index (χ4v) is 5.57. The minimum absolute atomic E-state index is 0.273. The molecule has 1 fully saturated rings. The van der Waals surface area contributed by atoms with Crippen LogP contribution in [-0.2, 0) is 22.4 Å². The highest BCUT2D eigenvalue weighted by molar-refractivity contribution is 7.89. The Bertz CT molecular complexity index is 1290. The lowest BCUT2D eigenvalue weighted by Gasteiger charge is -2.37. The highest BCUT2D eigenvalue weighted by atomic mass is 32.2. The van der Waals surface area contributed by atoms with E-state index in [0.717, 1.165) is 24.3 Å². The third-order valence-corrected chi connectivity index (χ3v) is 7.66. The van der Waals surface area contributed by atoms with Gasteiger partial charge in [-0.25, -0.2) is 13.1 Å². The molecule has 37 heavy (non-hydrogen) atoms. The van der Waals surface area contributed by atoms with Gasteiger partial charge in [0.05, 0.1) is 34.0 Å². The molecule has 1 aromatic heterocycles. The molecule has 1 atom stereocenters. The average molecular weight is 545 g/mol. The first-order chi connectivity index (χ1) is 17.3. The molecule has 4 rings (SSSR count). The summed E-state index contributed by atoms with van der Waals surface area (Å²) in [5.41, 5.74) is -0.605. The smallest absolute Gasteiger partial charge is 0.291 e. The largest absolute Gasteiger partial charge is 0.416 e. The third-order valence-electron chi connectivity index (χ3n) is 6.13. The molecule has 3 aromatic rings. The summed E-state index contributed by atoms with van der Waals surface area (Å²) < 4.78 is 105. The Balaban J connectivity index is 1.47. The van der Waals surface area contributed by atoms with Gasteiger partial charge < -0.3 is 0 Å². The number of likely N-dealkylation sites (tertiary alicyclic amines) is 1. The highest BCUT2D eigenvalue weighted by Gasteiger charge is 2.34. The van der Waals surface area contributed by atoms with E-state index >= 15 is 0 Å². The Hall–Kier alpha value is -3.03. The van der Waals surface area contributed by atoms with Gasteiger partial charge in [0.1, 0.15) is 0 Å². The zero-order valence-electron chi connectivity index (χ0n) is 19.2. The molecule has 1 aliphatic rings. The lowest BCUT2D eigenvalue weighted by molar-refractivity contribution is -0.138. The summed E-state index contributed by atoms with van der Waals surface area (Å²) in [6.45, 7) is 0.783. The van der Waals surface area contributed by atoms with Crippen molar-refractivity contribution < 1.29 is 34.8 Å². The molecular weight excluding hydrogens is 522 g/mol. The van der Waals surface area contributed by atoms with Crippen molar-refractivity contribution in [3.8, 4) is 0 Å². The molecule has 0 spiro atoms. The van der Waals surface area contributed by atoms with Crippen LogP contribution in [0.25, 0.3) is 0 Å². The third kappa shape index (κ3) is 6.46. The number of aromatic nitrogens is 2. The zero-order valence-corrected chi connectivity index (χ0v) is 20.0. The van der Waals surface area contributed by atoms with Crippen LogP contribution in [0.15, 0.2) is 72.0 Å². The van der Waals surface area contributed by atoms with Gasteiger partial charge in [-0.15, -0.1) is 0 Å². The Labute approximate surface area is 209 Å². The quantitative estimate of drug-likeness (QED) is 0.440. The number of hydrogen-bond acceptors (Lipinski definition) is 5. The van der Waals surface area contributed by atoms with Gasteiger partial charge in [-0.05, 0) is 54.8 Å². The minimum atomic E-state index is -4.57. The summed E-state index contributed by atoms with van der Waals surface area (Å²) in [6.07, 6.45) is -3.80. The van der Waals surface area contributed by atoms with E-state index in [1.54, 1.807) is 0 Å². The van der Waals surface area contributed by atoms with E-state index < -0.39 is 45.6 Å². The van der Waals surface area contributed by atoms with Crippen LogP contribution in [0.1, 0.15) is 41.3 Å². The van der Waals surface area contributed by atoms with Crippen LogP contribution < -0.4 is 4.72 Å². The SMILES string of the molecule is O=S(=O)(NC1CCN(C(c2ccc(C(F)(F)F)cc2)c2cnccn2)CC1)c1ccc(C(F)(F)F)cc1. The highest BCUT2D eigenvalue weighted by Crippen LogP contribution is 2.34. The van der Waals surface area contributed by atoms with Crippen molar-refractivity contribution in [2.24, 2.45) is 0 Å². The van der Waals surface area contributed by atoms with E-state index in [0.29, 0.717) is 49.3 Å². The van der Waals surface area contributed by atoms with E-state index in [1.807, 2.05) is 4.90 Å². The number of nitrogens with one attached hydrogen (secondary N) is 1. The first-order valence-corrected chi connectivity index (χ1v) is 12.7. The van der Waals surface area contributed by atoms with Gasteiger partial charge >= 0.3 is 12.4 Å². The second kappa shape index (κ2) is 10.4. The van der Waals surface area contributed by atoms with Crippen molar-refractivity contribution >= 4 is 10.0 Å². The second-order valence-electron chi connectivity index (χ2n) is 8.61. The van der Waals surface area contributed by atoms with Crippen molar-refractivity contribution in [3.05, 3.63) is 89.5 Å². The number of piperidine rings is 1. The summed E-state index contributed by atoms with van der Waals surface area (Å²) >= 11 is 0. The molecule has 1 unspecified atom stereocenters. The van der Waals surface area contributed by atoms with Crippen LogP contribution in [0.3, 0.4) is 0 Å². The van der Waals surface area contributed by atoms with Crippen LogP contribution >= 0.6 is 0 Å². The van der Waals surface area contributed by atoms with Gasteiger partial charge in [0, 0.05) is 31.5 Å². The van der Waals surface area contributed by atoms with Gasteiger partial charge in [0.2, 0.25) is 10.0 Å². The Morgan fingerprint density at radius 1 is 0.838 bits per heavy atom. The van der Waals surface area contributed by atoms with Crippen LogP contribution in [0.5, 0.6) is 0 Å². The van der Waals surface area contributed by atoms with E-state index in [1.165, 1.54) is 30.7 Å². The van der Waals surface area contributed by atoms with Gasteiger partial charge in [0.15, 0.2) is 0 Å². The van der Waals surface area contributed by atoms with Gasteiger partial charge in [-0.2, -0.15) is 26.3 Å². The van der Waals surface area contributed by atoms with Crippen LogP contribution in [0, 0.1) is 0 Å². The van der Waals surface area contributed by atoms with Crippen molar-refractivity contribution in [2.75, 3.05) is 13.1 Å². The molecule has 0 bridgehead atoms. The maximum Gasteiger partial charge on any atom is 0.416 e. The summed E-state index contributed by atoms with van der Waals surface area (Å²) in [6, 6.07) is 7.07. The summed E-state index contributed by atoms with van der Waals surface area (Å²) in [4.78, 5) is 10.1. The zero-order chi connectivity index (χ0) is 26.8. The van der Waals surface area contributed by atoms with E-state index in [-0.39, 0.29) is 4.90 Å². The molecule has 1 N–H and O–H groups in total. The molecule has 0 aliphatic carbocycles. The van der Waals surface area contributed by atoms with E-state index in [2.05, 4.69) is 14.7 Å². The number of alkyl halides is 6. The fraction of sp³-hybridized carbons (Fsp3) is 0.333. The molecule has 0 amide bonds. The lowest BCUT2D eigenvalue weighted by Crippen LogP contribution is -2.46. The molecule has 6 nitrogen and oxygen atoms in total. The minimum Gasteiger partial charge on any atom is -0.291 e. The first kappa shape index (κ1) is 27.0. The summed E-state index contributed by atoms with van der Waals surface area (Å²) in [7, 11) is -4.05. The van der Waals surface area contributed by atoms with Crippen molar-refractivity contribution in [3.63, 3.8) is 0 Å². The molecule has 1 saturated heterocycles. The number of benzene rings is 2. The lowest BCUT2D eigenvalue weighted by atomic mass is 9.96. The Morgan fingerprint density at radius 3 is 1.86 bits per heavy atom. The topological polar surface area (TPSA) is 75.2 Å². The fourth-order valence-electron chi connectivity index (χ4n) is 4.26. The van der Waals surface area contributed by atoms with Crippen molar-refractivity contribution in [1.82, 2.24) is 19.6 Å². The second-order valence-corrected chi connectivity index (χ2v) is 10.3. The summed E-state index contributed by atoms with van der Waals surface area (Å²) in [5.74, 6) is 0. The van der Waals surface area contributed by atoms with Crippen LogP contribution in [-0.4, -0.2) is 42.4 Å². The monoisotopic (exact) mass is 544 g/mol. The Kier molecular flexibility index (Phi) is 7.58. The average Bonchev–Trinajstić information content (AvgIpc) is 2.85. The van der Waals surface area contributed by atoms with E-state index in [4.69, 9.17) is 0 Å². The van der Waals surface area contributed by atoms with Gasteiger partial charge in [0.25, 0.3) is 0 Å². The van der Waals surface area contributed by atoms with Gasteiger partial charge in [-0.3, -0.25) is 14.9 Å². The maximum atomic E-state index is 13.0. The van der Waals surface area contributed by atoms with Crippen LogP contribution in [0.2, 0.25) is 0 Å². The molecule has 0 radical (unpaired) electrons. The maximum absolute atomic E-state index is 13.0. The molecule has 0 saturated carbocycles. The molecule has 2 heterocycles. The predicted molar refractivity (Wildman–Crippen MR) is 122 cm³/mol. The standard InChI is InChI=1S/C24H22F6N4O2S/c25-23(26,27)17-3-1-16(2-4-17)22(21-15-31-11-12-32-21)34-13-9-19(10-14-34)33-37(35,36)20-7-5-18(6-8-20)24(28,29)30/h1-8,11-12,15,19,22,33H,9-10,13-14H2. The van der Waals surface area contributed by atoms with Crippen LogP contribution in [0.4, 0.5) is 26.3 Å². The molecule has 198 valence electrons. The van der Waals surface area contributed by atoms with Crippen molar-refractivity contribution in [2.45, 2.75) is 42.2 Å². The predicted octanol–water partition coefficient (Wildman–Crippen LogP) is 5.05. The molecule has 13 heteroatoms. The van der Waals surface area contributed by atoms with E-state index in [9.17, 15) is 34.8 Å². The number of sulfonamides is 1. The van der Waals surface area contributed by atoms with Crippen molar-refractivity contribution in [1.29, 1.82) is 0 Å². The number of rotatable bonds is 6. The number of nitrogens with zero attached hydrogens (tertiary/aromatic N) is 3. The summed E-state index contributed by atoms with van der Waals surface area (Å²) in [5, 5.41) is 0.